The Morgan fingerprint density at radius 1 is 0.983 bits per heavy atom. The van der Waals surface area contributed by atoms with Crippen molar-refractivity contribution in [2.45, 2.75) is 88.8 Å². The Bertz CT molecular complexity index is 2140. The van der Waals surface area contributed by atoms with E-state index in [-0.39, 0.29) is 23.6 Å². The number of hydrogen-bond donors (Lipinski definition) is 5. The number of piperidine rings is 2. The van der Waals surface area contributed by atoms with Gasteiger partial charge in [0.05, 0.1) is 42.1 Å². The van der Waals surface area contributed by atoms with Crippen LogP contribution in [0.2, 0.25) is 0 Å². The molecule has 0 radical (unpaired) electrons. The number of alkyl halides is 3. The minimum absolute atomic E-state index is 0.0130. The van der Waals surface area contributed by atoms with E-state index in [4.69, 9.17) is 15.2 Å². The third kappa shape index (κ3) is 7.67. The molecule has 2 aromatic carbocycles. The van der Waals surface area contributed by atoms with Crippen LogP contribution in [0.4, 0.5) is 24.7 Å². The Balaban J connectivity index is 0.919. The van der Waals surface area contributed by atoms with Gasteiger partial charge < -0.3 is 35.6 Å². The lowest BCUT2D eigenvalue weighted by molar-refractivity contribution is -0.149. The molecule has 5 unspecified atom stereocenters. The number of aromatic nitrogens is 2. The van der Waals surface area contributed by atoms with Gasteiger partial charge in [0, 0.05) is 55.1 Å². The Morgan fingerprint density at radius 2 is 1.76 bits per heavy atom. The van der Waals surface area contributed by atoms with E-state index < -0.39 is 48.1 Å². The van der Waals surface area contributed by atoms with Gasteiger partial charge >= 0.3 is 6.18 Å². The smallest absolute Gasteiger partial charge is 0.416 e. The van der Waals surface area contributed by atoms with Gasteiger partial charge in [-0.3, -0.25) is 24.7 Å². The second kappa shape index (κ2) is 15.7. The molecule has 4 saturated heterocycles. The summed E-state index contributed by atoms with van der Waals surface area (Å²) in [4.78, 5) is 42.4. The first kappa shape index (κ1) is 39.8. The molecule has 4 aliphatic heterocycles. The lowest BCUT2D eigenvalue weighted by Gasteiger charge is -2.41. The Labute approximate surface area is 333 Å². The summed E-state index contributed by atoms with van der Waals surface area (Å²) in [5, 5.41) is 27.0. The van der Waals surface area contributed by atoms with Crippen molar-refractivity contribution in [3.63, 3.8) is 0 Å². The average Bonchev–Trinajstić information content (AvgIpc) is 3.75. The number of nitrogens with one attached hydrogen (secondary N) is 2. The number of methoxy groups -OCH3 is 1. The monoisotopic (exact) mass is 806 g/mol. The molecule has 0 spiro atoms. The van der Waals surface area contributed by atoms with Gasteiger partial charge in [0.2, 0.25) is 11.8 Å². The van der Waals surface area contributed by atoms with E-state index in [0.29, 0.717) is 65.0 Å². The minimum Gasteiger partial charge on any atom is -0.493 e. The largest absolute Gasteiger partial charge is 0.493 e. The molecule has 17 heteroatoms. The lowest BCUT2D eigenvalue weighted by atomic mass is 9.86. The Hall–Kier alpha value is -4.97. The van der Waals surface area contributed by atoms with E-state index in [1.807, 2.05) is 18.2 Å². The second-order valence-corrected chi connectivity index (χ2v) is 15.9. The fourth-order valence-corrected chi connectivity index (χ4v) is 9.22. The van der Waals surface area contributed by atoms with E-state index in [1.54, 1.807) is 33.1 Å². The van der Waals surface area contributed by atoms with Crippen LogP contribution < -0.4 is 25.8 Å². The third-order valence-corrected chi connectivity index (χ3v) is 12.2. The van der Waals surface area contributed by atoms with E-state index in [0.717, 1.165) is 56.7 Å². The number of aliphatic hydroxyl groups excluding tert-OH is 2. The molecule has 14 nitrogen and oxygen atoms in total. The summed E-state index contributed by atoms with van der Waals surface area (Å²) in [6.45, 7) is 6.45. The van der Waals surface area contributed by atoms with Crippen LogP contribution in [0.1, 0.15) is 62.0 Å². The maximum atomic E-state index is 13.8. The molecular formula is C41H49F3N8O6. The Kier molecular flexibility index (Phi) is 10.8. The summed E-state index contributed by atoms with van der Waals surface area (Å²) in [6, 6.07) is 6.10. The summed E-state index contributed by atoms with van der Waals surface area (Å²) in [6.07, 6.45) is 1.97. The van der Waals surface area contributed by atoms with Gasteiger partial charge in [0.1, 0.15) is 30.2 Å². The number of hydrogen-bond acceptors (Lipinski definition) is 13. The zero-order valence-corrected chi connectivity index (χ0v) is 32.6. The number of aliphatic hydroxyl groups is 2. The highest BCUT2D eigenvalue weighted by molar-refractivity contribution is 6.08. The van der Waals surface area contributed by atoms with Crippen molar-refractivity contribution in [2.24, 2.45) is 11.8 Å². The number of rotatable bonds is 9. The molecule has 5 aliphatic rings. The van der Waals surface area contributed by atoms with E-state index >= 15 is 0 Å². The van der Waals surface area contributed by atoms with Crippen LogP contribution in [0.3, 0.4) is 0 Å². The van der Waals surface area contributed by atoms with Gasteiger partial charge in [-0.25, -0.2) is 9.97 Å². The molecule has 3 aromatic rings. The number of fused-ring (bicyclic) bond motifs is 2. The molecule has 4 fully saturated rings. The predicted molar refractivity (Wildman–Crippen MR) is 208 cm³/mol. The molecule has 310 valence electrons. The van der Waals surface area contributed by atoms with Crippen molar-refractivity contribution in [2.75, 3.05) is 44.3 Å². The molecular weight excluding hydrogens is 757 g/mol. The molecule has 5 heterocycles. The fourth-order valence-electron chi connectivity index (χ4n) is 9.22. The molecule has 7 atom stereocenters. The second-order valence-electron chi connectivity index (χ2n) is 15.9. The van der Waals surface area contributed by atoms with Crippen molar-refractivity contribution in [1.29, 1.82) is 0 Å². The van der Waals surface area contributed by atoms with Crippen molar-refractivity contribution in [3.05, 3.63) is 71.2 Å². The summed E-state index contributed by atoms with van der Waals surface area (Å²) >= 11 is 0. The molecule has 8 rings (SSSR count). The number of aryl methyl sites for hydroxylation is 1. The van der Waals surface area contributed by atoms with E-state index in [1.165, 1.54) is 11.0 Å². The number of nitrogen functional groups attached to an aromatic ring is 1. The SMILES string of the molecule is COc1cc2nc(C)nc(N[C@H](C)c3cc(N)cc(C(F)(F)F)c3)c2cc1O[C@H]1CCN(C2CCN(C3=CC=CC4C(=O)N(C5CCC(O)NC5O)C(=O)C34)CC2)C1. The number of benzene rings is 2. The number of nitrogens with two attached hydrogens (primary N) is 1. The number of carbonyl (C=O) groups excluding carboxylic acids is 2. The summed E-state index contributed by atoms with van der Waals surface area (Å²) in [7, 11) is 1.56. The number of carbonyl (C=O) groups is 2. The zero-order chi connectivity index (χ0) is 41.0. The minimum atomic E-state index is -4.54. The number of nitrogens with zero attached hydrogens (tertiary/aromatic N) is 5. The van der Waals surface area contributed by atoms with Crippen molar-refractivity contribution >= 4 is 34.2 Å². The summed E-state index contributed by atoms with van der Waals surface area (Å²) < 4.78 is 53.0. The van der Waals surface area contributed by atoms with Gasteiger partial charge in [-0.15, -0.1) is 0 Å². The highest BCUT2D eigenvalue weighted by Gasteiger charge is 2.54. The standard InChI is InChI=1S/C41H49F3N8O6/c1-21(23-15-24(41(42,43)44)17-25(45)16-23)46-37-29-18-34(33(57-3)19-30(29)47-22(2)48-37)58-27-11-14-51(20-27)26-9-12-50(13-10-26)31-6-4-5-28-36(31)40(56)52(39(28)55)32-7-8-35(53)49-38(32)54/h4-6,15-19,21,26-28,32,35-36,38,49,53-54H,7-14,20,45H2,1-3H3,(H,46,47,48)/t21-,27+,28?,32?,35?,36?,38?/m1/s1. The molecule has 1 aromatic heterocycles. The zero-order valence-electron chi connectivity index (χ0n) is 32.6. The summed E-state index contributed by atoms with van der Waals surface area (Å²) in [5.41, 5.74) is 6.82. The molecule has 0 bridgehead atoms. The number of halogens is 3. The predicted octanol–water partition coefficient (Wildman–Crippen LogP) is 4.08. The highest BCUT2D eigenvalue weighted by Crippen LogP contribution is 2.42. The summed E-state index contributed by atoms with van der Waals surface area (Å²) in [5.74, 6) is 0.0412. The number of imide groups is 1. The van der Waals surface area contributed by atoms with E-state index in [2.05, 4.69) is 30.4 Å². The third-order valence-electron chi connectivity index (χ3n) is 12.2. The molecule has 1 aliphatic carbocycles. The van der Waals surface area contributed by atoms with Gasteiger partial charge in [-0.2, -0.15) is 13.2 Å². The average molecular weight is 807 g/mol. The van der Waals surface area contributed by atoms with Crippen LogP contribution in [-0.4, -0.2) is 111 Å². The molecule has 2 amide bonds. The fraction of sp³-hybridized carbons (Fsp3) is 0.512. The van der Waals surface area contributed by atoms with Crippen LogP contribution in [0.15, 0.2) is 54.3 Å². The first-order chi connectivity index (χ1) is 27.7. The van der Waals surface area contributed by atoms with Crippen LogP contribution in [-0.2, 0) is 15.8 Å². The normalized spacial score (nSPS) is 27.6. The topological polar surface area (TPSA) is 179 Å². The molecule has 0 saturated carbocycles. The number of allylic oxidation sites excluding steroid dienone is 2. The van der Waals surface area contributed by atoms with E-state index in [9.17, 15) is 33.0 Å². The number of anilines is 2. The molecule has 6 N–H and O–H groups in total. The van der Waals surface area contributed by atoms with Gasteiger partial charge in [-0.1, -0.05) is 12.2 Å². The lowest BCUT2D eigenvalue weighted by Crippen LogP contribution is -2.58. The first-order valence-electron chi connectivity index (χ1n) is 19.8. The first-order valence-corrected chi connectivity index (χ1v) is 19.8. The van der Waals surface area contributed by atoms with Crippen LogP contribution in [0.5, 0.6) is 11.5 Å². The van der Waals surface area contributed by atoms with Crippen LogP contribution in [0, 0.1) is 18.8 Å². The van der Waals surface area contributed by atoms with Gasteiger partial charge in [0.15, 0.2) is 11.5 Å². The maximum absolute atomic E-state index is 13.8. The maximum Gasteiger partial charge on any atom is 0.416 e. The van der Waals surface area contributed by atoms with Crippen molar-refractivity contribution in [3.8, 4) is 11.5 Å². The van der Waals surface area contributed by atoms with Crippen LogP contribution in [0.25, 0.3) is 10.9 Å². The number of ether oxygens (including phenoxy) is 2. The number of amides is 2. The van der Waals surface area contributed by atoms with Crippen molar-refractivity contribution < 1.29 is 42.4 Å². The highest BCUT2D eigenvalue weighted by atomic mass is 19.4. The van der Waals surface area contributed by atoms with Crippen LogP contribution >= 0.6 is 0 Å². The Morgan fingerprint density at radius 3 is 2.48 bits per heavy atom. The number of likely N-dealkylation sites (tertiary alicyclic amines) is 3. The van der Waals surface area contributed by atoms with Gasteiger partial charge in [-0.05, 0) is 81.9 Å². The molecule has 58 heavy (non-hydrogen) atoms. The van der Waals surface area contributed by atoms with Crippen molar-refractivity contribution in [1.82, 2.24) is 30.0 Å². The quantitative estimate of drug-likeness (QED) is 0.155. The van der Waals surface area contributed by atoms with Gasteiger partial charge in [0.25, 0.3) is 0 Å².